The number of hydrogen-bond donors (Lipinski definition) is 0. The van der Waals surface area contributed by atoms with E-state index in [9.17, 15) is 4.79 Å². The number of carbonyl (C=O) groups is 1. The first-order valence-electron chi connectivity index (χ1n) is 8.09. The number of carbonyl (C=O) groups excluding carboxylic acids is 1. The van der Waals surface area contributed by atoms with Gasteiger partial charge < -0.3 is 14.4 Å². The molecule has 0 aromatic heterocycles. The number of fused-ring (bicyclic) bond motifs is 1. The maximum atomic E-state index is 12.5. The number of ether oxygens (including phenoxy) is 2. The lowest BCUT2D eigenvalue weighted by atomic mass is 9.92. The molecule has 3 heterocycles. The zero-order valence-electron chi connectivity index (χ0n) is 12.7. The van der Waals surface area contributed by atoms with Crippen LogP contribution in [0.25, 0.3) is 0 Å². The molecule has 0 spiro atoms. The summed E-state index contributed by atoms with van der Waals surface area (Å²) in [4.78, 5) is 16.9. The average Bonchev–Trinajstić information content (AvgIpc) is 2.95. The van der Waals surface area contributed by atoms with Crippen molar-refractivity contribution in [2.75, 3.05) is 52.5 Å². The Balaban J connectivity index is 1.57. The molecular weight excluding hydrogens is 268 g/mol. The molecule has 0 aliphatic carbocycles. The van der Waals surface area contributed by atoms with E-state index in [1.165, 1.54) is 0 Å². The second-order valence-electron chi connectivity index (χ2n) is 6.35. The fourth-order valence-electron chi connectivity index (χ4n) is 3.65. The second-order valence-corrected chi connectivity index (χ2v) is 6.35. The van der Waals surface area contributed by atoms with Gasteiger partial charge in [0, 0.05) is 45.2 Å². The third-order valence-corrected chi connectivity index (χ3v) is 4.91. The van der Waals surface area contributed by atoms with Gasteiger partial charge in [-0.3, -0.25) is 9.69 Å². The number of rotatable bonds is 3. The molecule has 0 bridgehead atoms. The predicted molar refractivity (Wildman–Crippen MR) is 80.0 cm³/mol. The molecule has 3 aliphatic rings. The van der Waals surface area contributed by atoms with Crippen molar-refractivity contribution in [3.05, 3.63) is 12.7 Å². The summed E-state index contributed by atoms with van der Waals surface area (Å²) in [5.41, 5.74) is 0. The Labute approximate surface area is 126 Å². The molecule has 0 radical (unpaired) electrons. The molecule has 3 rings (SSSR count). The summed E-state index contributed by atoms with van der Waals surface area (Å²) in [6.07, 6.45) is 4.06. The van der Waals surface area contributed by atoms with Gasteiger partial charge in [-0.15, -0.1) is 6.58 Å². The zero-order chi connectivity index (χ0) is 14.7. The number of nitrogens with zero attached hydrogens (tertiary/aromatic N) is 2. The summed E-state index contributed by atoms with van der Waals surface area (Å²) < 4.78 is 11.4. The normalized spacial score (nSPS) is 34.3. The van der Waals surface area contributed by atoms with Crippen molar-refractivity contribution in [3.8, 4) is 0 Å². The van der Waals surface area contributed by atoms with Crippen LogP contribution in [0.5, 0.6) is 0 Å². The number of amides is 1. The molecule has 3 aliphatic heterocycles. The fourth-order valence-corrected chi connectivity index (χ4v) is 3.65. The van der Waals surface area contributed by atoms with Crippen LogP contribution in [-0.2, 0) is 14.3 Å². The van der Waals surface area contributed by atoms with Gasteiger partial charge in [0.1, 0.15) is 0 Å². The van der Waals surface area contributed by atoms with Gasteiger partial charge in [-0.05, 0) is 12.8 Å². The van der Waals surface area contributed by atoms with Crippen LogP contribution in [0, 0.1) is 11.8 Å². The van der Waals surface area contributed by atoms with Crippen LogP contribution in [0.2, 0.25) is 0 Å². The molecule has 0 saturated carbocycles. The van der Waals surface area contributed by atoms with E-state index in [4.69, 9.17) is 9.47 Å². The van der Waals surface area contributed by atoms with Gasteiger partial charge in [-0.2, -0.15) is 0 Å². The molecule has 0 aromatic carbocycles. The quantitative estimate of drug-likeness (QED) is 0.721. The van der Waals surface area contributed by atoms with Crippen LogP contribution < -0.4 is 0 Å². The number of likely N-dealkylation sites (tertiary alicyclic amines) is 1. The molecule has 0 aromatic rings. The molecule has 5 nitrogen and oxygen atoms in total. The summed E-state index contributed by atoms with van der Waals surface area (Å²) in [6.45, 7) is 10.5. The Morgan fingerprint density at radius 3 is 2.90 bits per heavy atom. The fraction of sp³-hybridized carbons (Fsp3) is 0.812. The standard InChI is InChI=1S/C16H26N2O3/c1-2-5-17-7-9-21-15-11-18(6-3-13(15)10-17)16(19)14-4-8-20-12-14/h2,13-15H,1,3-12H2. The van der Waals surface area contributed by atoms with Gasteiger partial charge in [0.2, 0.25) is 5.91 Å². The van der Waals surface area contributed by atoms with E-state index in [0.717, 1.165) is 58.8 Å². The highest BCUT2D eigenvalue weighted by Crippen LogP contribution is 2.26. The molecule has 3 unspecified atom stereocenters. The van der Waals surface area contributed by atoms with Gasteiger partial charge in [0.25, 0.3) is 0 Å². The van der Waals surface area contributed by atoms with Gasteiger partial charge in [-0.1, -0.05) is 6.08 Å². The summed E-state index contributed by atoms with van der Waals surface area (Å²) in [7, 11) is 0. The van der Waals surface area contributed by atoms with E-state index in [2.05, 4.69) is 11.5 Å². The van der Waals surface area contributed by atoms with Gasteiger partial charge in [0.05, 0.1) is 25.2 Å². The maximum Gasteiger partial charge on any atom is 0.228 e. The Bertz CT molecular complexity index is 382. The Kier molecular flexibility index (Phi) is 4.93. The molecule has 5 heteroatoms. The zero-order valence-corrected chi connectivity index (χ0v) is 12.7. The molecular formula is C16H26N2O3. The first-order chi connectivity index (χ1) is 10.3. The van der Waals surface area contributed by atoms with Gasteiger partial charge in [0.15, 0.2) is 0 Å². The molecule has 3 fully saturated rings. The predicted octanol–water partition coefficient (Wildman–Crippen LogP) is 0.758. The monoisotopic (exact) mass is 294 g/mol. The van der Waals surface area contributed by atoms with Crippen molar-refractivity contribution in [2.24, 2.45) is 11.8 Å². The largest absolute Gasteiger partial charge is 0.381 e. The minimum Gasteiger partial charge on any atom is -0.381 e. The molecule has 3 atom stereocenters. The third-order valence-electron chi connectivity index (χ3n) is 4.91. The van der Waals surface area contributed by atoms with Crippen molar-refractivity contribution in [1.82, 2.24) is 9.80 Å². The maximum absolute atomic E-state index is 12.5. The lowest BCUT2D eigenvalue weighted by Crippen LogP contribution is -2.50. The third kappa shape index (κ3) is 3.47. The second kappa shape index (κ2) is 6.90. The topological polar surface area (TPSA) is 42.0 Å². The number of hydrogen-bond acceptors (Lipinski definition) is 4. The molecule has 118 valence electrons. The number of piperidine rings is 1. The van der Waals surface area contributed by atoms with E-state index in [1.807, 2.05) is 11.0 Å². The minimum atomic E-state index is 0.0737. The van der Waals surface area contributed by atoms with Crippen molar-refractivity contribution >= 4 is 5.91 Å². The van der Waals surface area contributed by atoms with Gasteiger partial charge in [-0.25, -0.2) is 0 Å². The molecule has 3 saturated heterocycles. The first kappa shape index (κ1) is 15.0. The van der Waals surface area contributed by atoms with E-state index in [1.54, 1.807) is 0 Å². The highest BCUT2D eigenvalue weighted by molar-refractivity contribution is 5.79. The minimum absolute atomic E-state index is 0.0737. The smallest absolute Gasteiger partial charge is 0.228 e. The summed E-state index contributed by atoms with van der Waals surface area (Å²) in [5.74, 6) is 0.877. The van der Waals surface area contributed by atoms with Crippen LogP contribution in [-0.4, -0.2) is 74.4 Å². The molecule has 0 N–H and O–H groups in total. The van der Waals surface area contributed by atoms with Crippen molar-refractivity contribution < 1.29 is 14.3 Å². The lowest BCUT2D eigenvalue weighted by molar-refractivity contribution is -0.141. The van der Waals surface area contributed by atoms with E-state index in [-0.39, 0.29) is 17.9 Å². The first-order valence-corrected chi connectivity index (χ1v) is 8.09. The SMILES string of the molecule is C=CCN1CCOC2CN(C(=O)C3CCOC3)CCC2C1. The summed E-state index contributed by atoms with van der Waals surface area (Å²) >= 11 is 0. The van der Waals surface area contributed by atoms with Crippen LogP contribution in [0.3, 0.4) is 0 Å². The van der Waals surface area contributed by atoms with E-state index in [0.29, 0.717) is 12.5 Å². The Morgan fingerprint density at radius 1 is 1.24 bits per heavy atom. The van der Waals surface area contributed by atoms with Crippen LogP contribution in [0.15, 0.2) is 12.7 Å². The van der Waals surface area contributed by atoms with Crippen molar-refractivity contribution in [3.63, 3.8) is 0 Å². The van der Waals surface area contributed by atoms with Crippen molar-refractivity contribution in [1.29, 1.82) is 0 Å². The van der Waals surface area contributed by atoms with Gasteiger partial charge >= 0.3 is 0 Å². The molecule has 1 amide bonds. The van der Waals surface area contributed by atoms with Crippen LogP contribution in [0.1, 0.15) is 12.8 Å². The Hall–Kier alpha value is -0.910. The van der Waals surface area contributed by atoms with E-state index >= 15 is 0 Å². The molecule has 21 heavy (non-hydrogen) atoms. The summed E-state index contributed by atoms with van der Waals surface area (Å²) in [5, 5.41) is 0. The lowest BCUT2D eigenvalue weighted by Gasteiger charge is -2.38. The highest BCUT2D eigenvalue weighted by Gasteiger charge is 2.37. The van der Waals surface area contributed by atoms with Crippen LogP contribution >= 0.6 is 0 Å². The van der Waals surface area contributed by atoms with E-state index < -0.39 is 0 Å². The van der Waals surface area contributed by atoms with Crippen molar-refractivity contribution in [2.45, 2.75) is 18.9 Å². The Morgan fingerprint density at radius 2 is 2.14 bits per heavy atom. The average molecular weight is 294 g/mol. The summed E-state index contributed by atoms with van der Waals surface area (Å²) in [6, 6.07) is 0. The van der Waals surface area contributed by atoms with Crippen LogP contribution in [0.4, 0.5) is 0 Å². The highest BCUT2D eigenvalue weighted by atomic mass is 16.5.